The molecule has 3 saturated carbocycles. The maximum atomic E-state index is 14.8. The van der Waals surface area contributed by atoms with Gasteiger partial charge in [0.1, 0.15) is 17.8 Å². The second-order valence-electron chi connectivity index (χ2n) is 12.9. The van der Waals surface area contributed by atoms with Gasteiger partial charge in [0.2, 0.25) is 0 Å². The van der Waals surface area contributed by atoms with Crippen LogP contribution in [0.4, 0.5) is 0 Å². The summed E-state index contributed by atoms with van der Waals surface area (Å²) in [5, 5.41) is 24.2. The van der Waals surface area contributed by atoms with Crippen LogP contribution < -0.4 is 0 Å². The highest BCUT2D eigenvalue weighted by Crippen LogP contribution is 2.74. The standard InChI is InChI=1S/C31H36O10/c1-15-20(34)13-31(37)26(40-27(36)18-9-7-6-8-10-18)24-29(25(35)23(39-16(2)32)22(15)28(31,4)5)12-19(29)11-21-30(24,14-38-21)41-17(3)33/h6-10,19-21,23-24,26,34,37H,11-14H2,1-5H3/t19-,20+,21-,23-,24+,26+,29-,30+,31-/m1/s1. The smallest absolute Gasteiger partial charge is 0.338 e. The van der Waals surface area contributed by atoms with E-state index in [4.69, 9.17) is 18.9 Å². The SMILES string of the molecule is CC(=O)O[C@H]1C(=O)[C@]23C[C@H]2C[C@H]2OC[C@@]2(OC(C)=O)[C@H]3[C@H](OC(=O)c2ccccc2)[C@]2(O)C[C@H](O)C(C)=C1C2(C)C. The van der Waals surface area contributed by atoms with Crippen molar-refractivity contribution in [3.05, 3.63) is 47.0 Å². The summed E-state index contributed by atoms with van der Waals surface area (Å²) in [6, 6.07) is 8.29. The fraction of sp³-hybridized carbons (Fsp3) is 0.613. The molecule has 0 radical (unpaired) electrons. The molecule has 1 saturated heterocycles. The molecule has 5 aliphatic rings. The zero-order chi connectivity index (χ0) is 29.7. The first-order chi connectivity index (χ1) is 19.2. The second-order valence-corrected chi connectivity index (χ2v) is 12.9. The topological polar surface area (TPSA) is 146 Å². The van der Waals surface area contributed by atoms with E-state index in [1.54, 1.807) is 51.1 Å². The third kappa shape index (κ3) is 3.66. The number of ketones is 1. The van der Waals surface area contributed by atoms with Crippen LogP contribution in [0, 0.1) is 22.7 Å². The molecule has 1 aromatic carbocycles. The van der Waals surface area contributed by atoms with Crippen molar-refractivity contribution in [2.75, 3.05) is 6.61 Å². The van der Waals surface area contributed by atoms with Gasteiger partial charge >= 0.3 is 17.9 Å². The molecule has 0 aromatic heterocycles. The molecular formula is C31H36O10. The molecule has 41 heavy (non-hydrogen) atoms. The van der Waals surface area contributed by atoms with Crippen molar-refractivity contribution in [2.45, 2.75) is 89.5 Å². The molecule has 6 rings (SSSR count). The van der Waals surface area contributed by atoms with Gasteiger partial charge in [-0.15, -0.1) is 0 Å². The summed E-state index contributed by atoms with van der Waals surface area (Å²) in [6.07, 6.45) is -4.01. The van der Waals surface area contributed by atoms with Crippen molar-refractivity contribution in [3.63, 3.8) is 0 Å². The Morgan fingerprint density at radius 1 is 1.02 bits per heavy atom. The van der Waals surface area contributed by atoms with Crippen molar-refractivity contribution in [1.29, 1.82) is 0 Å². The quantitative estimate of drug-likeness (QED) is 0.315. The van der Waals surface area contributed by atoms with Gasteiger partial charge < -0.3 is 29.2 Å². The van der Waals surface area contributed by atoms with Crippen molar-refractivity contribution >= 4 is 23.7 Å². The normalized spacial score (nSPS) is 41.8. The summed E-state index contributed by atoms with van der Waals surface area (Å²) in [5.41, 5.74) is -4.92. The fourth-order valence-corrected chi connectivity index (χ4v) is 8.52. The molecule has 10 heteroatoms. The molecule has 10 nitrogen and oxygen atoms in total. The van der Waals surface area contributed by atoms with Crippen LogP contribution in [0.2, 0.25) is 0 Å². The summed E-state index contributed by atoms with van der Waals surface area (Å²) >= 11 is 0. The van der Waals surface area contributed by atoms with Crippen LogP contribution in [0.3, 0.4) is 0 Å². The lowest BCUT2D eigenvalue weighted by Crippen LogP contribution is -2.78. The molecule has 4 aliphatic carbocycles. The average molecular weight is 569 g/mol. The number of esters is 3. The van der Waals surface area contributed by atoms with E-state index in [0.29, 0.717) is 24.0 Å². The summed E-state index contributed by atoms with van der Waals surface area (Å²) in [6.45, 7) is 7.48. The number of Topliss-reactive ketones (excluding diaryl/α,β-unsaturated/α-hetero) is 1. The Kier molecular flexibility index (Phi) is 6.13. The largest absolute Gasteiger partial charge is 0.455 e. The van der Waals surface area contributed by atoms with Crippen molar-refractivity contribution in [1.82, 2.24) is 0 Å². The molecule has 9 atom stereocenters. The number of fused-ring (bicyclic) bond motifs is 4. The van der Waals surface area contributed by atoms with Gasteiger partial charge in [0.05, 0.1) is 24.2 Å². The number of hydrogen-bond acceptors (Lipinski definition) is 10. The molecule has 2 N–H and O–H groups in total. The van der Waals surface area contributed by atoms with E-state index in [-0.39, 0.29) is 24.5 Å². The predicted molar refractivity (Wildman–Crippen MR) is 141 cm³/mol. The van der Waals surface area contributed by atoms with Gasteiger partial charge in [0, 0.05) is 31.1 Å². The van der Waals surface area contributed by atoms with Gasteiger partial charge in [-0.3, -0.25) is 14.4 Å². The van der Waals surface area contributed by atoms with Crippen molar-refractivity contribution < 1.29 is 48.3 Å². The van der Waals surface area contributed by atoms with Crippen LogP contribution in [0.15, 0.2) is 41.5 Å². The first-order valence-electron chi connectivity index (χ1n) is 14.1. The molecule has 0 amide bonds. The fourth-order valence-electron chi connectivity index (χ4n) is 8.52. The molecule has 1 aromatic rings. The molecule has 2 bridgehead atoms. The van der Waals surface area contributed by atoms with Gasteiger partial charge in [0.15, 0.2) is 17.5 Å². The molecular weight excluding hydrogens is 532 g/mol. The average Bonchev–Trinajstić information content (AvgIpc) is 3.62. The number of carbonyl (C=O) groups excluding carboxylic acids is 4. The van der Waals surface area contributed by atoms with E-state index in [2.05, 4.69) is 0 Å². The minimum Gasteiger partial charge on any atom is -0.455 e. The molecule has 220 valence electrons. The number of aliphatic hydroxyl groups excluding tert-OH is 1. The zero-order valence-corrected chi connectivity index (χ0v) is 23.8. The molecule has 4 fully saturated rings. The van der Waals surface area contributed by atoms with Gasteiger partial charge in [-0.25, -0.2) is 4.79 Å². The summed E-state index contributed by atoms with van der Waals surface area (Å²) in [5.74, 6) is -3.67. The Morgan fingerprint density at radius 3 is 2.29 bits per heavy atom. The summed E-state index contributed by atoms with van der Waals surface area (Å²) < 4.78 is 23.9. The minimum atomic E-state index is -1.96. The van der Waals surface area contributed by atoms with E-state index >= 15 is 0 Å². The lowest BCUT2D eigenvalue weighted by atomic mass is 9.48. The third-order valence-electron chi connectivity index (χ3n) is 10.6. The number of benzene rings is 1. The molecule has 0 unspecified atom stereocenters. The van der Waals surface area contributed by atoms with Crippen LogP contribution in [-0.4, -0.2) is 76.1 Å². The second kappa shape index (κ2) is 8.96. The third-order valence-corrected chi connectivity index (χ3v) is 10.6. The van der Waals surface area contributed by atoms with Crippen LogP contribution in [-0.2, 0) is 33.3 Å². The monoisotopic (exact) mass is 568 g/mol. The van der Waals surface area contributed by atoms with Gasteiger partial charge in [-0.1, -0.05) is 32.0 Å². The maximum Gasteiger partial charge on any atom is 0.338 e. The van der Waals surface area contributed by atoms with Crippen LogP contribution in [0.5, 0.6) is 0 Å². The highest BCUT2D eigenvalue weighted by atomic mass is 16.6. The van der Waals surface area contributed by atoms with E-state index in [1.165, 1.54) is 13.8 Å². The summed E-state index contributed by atoms with van der Waals surface area (Å²) in [4.78, 5) is 53.4. The van der Waals surface area contributed by atoms with Crippen molar-refractivity contribution in [2.24, 2.45) is 22.7 Å². The lowest BCUT2D eigenvalue weighted by Gasteiger charge is -2.64. The number of rotatable bonds is 4. The highest BCUT2D eigenvalue weighted by molar-refractivity contribution is 5.97. The molecule has 1 spiro atoms. The molecule has 1 heterocycles. The lowest BCUT2D eigenvalue weighted by molar-refractivity contribution is -0.323. The Morgan fingerprint density at radius 2 is 1.71 bits per heavy atom. The van der Waals surface area contributed by atoms with E-state index in [1.807, 2.05) is 0 Å². The first kappa shape index (κ1) is 28.1. The zero-order valence-electron chi connectivity index (χ0n) is 23.8. The number of carbonyl (C=O) groups is 4. The van der Waals surface area contributed by atoms with Gasteiger partial charge in [0.25, 0.3) is 0 Å². The van der Waals surface area contributed by atoms with Crippen LogP contribution in [0.25, 0.3) is 0 Å². The molecule has 1 aliphatic heterocycles. The Labute approximate surface area is 238 Å². The van der Waals surface area contributed by atoms with Crippen molar-refractivity contribution in [3.8, 4) is 0 Å². The maximum absolute atomic E-state index is 14.8. The number of aliphatic hydroxyl groups is 2. The summed E-state index contributed by atoms with van der Waals surface area (Å²) in [7, 11) is 0. The van der Waals surface area contributed by atoms with Crippen LogP contribution >= 0.6 is 0 Å². The number of ether oxygens (including phenoxy) is 4. The Hall–Kier alpha value is -3.08. The first-order valence-corrected chi connectivity index (χ1v) is 14.1. The van der Waals surface area contributed by atoms with E-state index in [0.717, 1.165) is 0 Å². The highest BCUT2D eigenvalue weighted by Gasteiger charge is 2.84. The van der Waals surface area contributed by atoms with Gasteiger partial charge in [-0.2, -0.15) is 0 Å². The Bertz CT molecular complexity index is 1370. The van der Waals surface area contributed by atoms with Crippen LogP contribution in [0.1, 0.15) is 64.2 Å². The predicted octanol–water partition coefficient (Wildman–Crippen LogP) is 2.29. The Balaban J connectivity index is 1.62. The number of hydrogen-bond donors (Lipinski definition) is 2. The van der Waals surface area contributed by atoms with E-state index in [9.17, 15) is 29.4 Å². The minimum absolute atomic E-state index is 0.0535. The van der Waals surface area contributed by atoms with E-state index < -0.39 is 76.1 Å². The van der Waals surface area contributed by atoms with Gasteiger partial charge in [-0.05, 0) is 49.0 Å².